The van der Waals surface area contributed by atoms with E-state index < -0.39 is 0 Å². The maximum Gasteiger partial charge on any atom is 0.244 e. The molecule has 2 bridgehead atoms. The van der Waals surface area contributed by atoms with Gasteiger partial charge in [-0.1, -0.05) is 37.6 Å². The summed E-state index contributed by atoms with van der Waals surface area (Å²) < 4.78 is 0. The van der Waals surface area contributed by atoms with Gasteiger partial charge in [-0.05, 0) is 67.6 Å². The molecule has 0 aromatic heterocycles. The largest absolute Gasteiger partial charge is 0.350 e. The molecule has 1 N–H and O–H groups in total. The number of carbonyl (C=O) groups is 1. The van der Waals surface area contributed by atoms with Crippen LogP contribution < -0.4 is 5.32 Å². The van der Waals surface area contributed by atoms with Crippen LogP contribution in [0.15, 0.2) is 30.3 Å². The van der Waals surface area contributed by atoms with Crippen LogP contribution >= 0.6 is 0 Å². The van der Waals surface area contributed by atoms with Crippen LogP contribution in [0.3, 0.4) is 0 Å². The Bertz CT molecular complexity index is 545. The van der Waals surface area contributed by atoms with Crippen molar-refractivity contribution in [2.24, 2.45) is 17.8 Å². The number of hydrogen-bond donors (Lipinski definition) is 1. The first-order valence-corrected chi connectivity index (χ1v) is 8.73. The summed E-state index contributed by atoms with van der Waals surface area (Å²) in [5.41, 5.74) is 2.41. The van der Waals surface area contributed by atoms with E-state index in [1.807, 2.05) is 6.08 Å². The van der Waals surface area contributed by atoms with E-state index >= 15 is 0 Å². The number of rotatable bonds is 5. The van der Waals surface area contributed by atoms with E-state index in [0.29, 0.717) is 12.0 Å². The van der Waals surface area contributed by atoms with Gasteiger partial charge in [-0.2, -0.15) is 0 Å². The second-order valence-electron chi connectivity index (χ2n) is 7.06. The Balaban J connectivity index is 1.52. The van der Waals surface area contributed by atoms with Crippen molar-refractivity contribution in [3.63, 3.8) is 0 Å². The van der Waals surface area contributed by atoms with Crippen molar-refractivity contribution in [1.29, 1.82) is 0 Å². The van der Waals surface area contributed by atoms with Crippen molar-refractivity contribution in [3.8, 4) is 0 Å². The summed E-state index contributed by atoms with van der Waals surface area (Å²) in [5.74, 6) is 2.52. The van der Waals surface area contributed by atoms with E-state index in [9.17, 15) is 4.79 Å². The second kappa shape index (κ2) is 6.68. The van der Waals surface area contributed by atoms with Crippen LogP contribution in [0.2, 0.25) is 0 Å². The van der Waals surface area contributed by atoms with E-state index in [-0.39, 0.29) is 5.91 Å². The maximum absolute atomic E-state index is 12.1. The first-order valence-electron chi connectivity index (χ1n) is 8.73. The molecule has 118 valence electrons. The van der Waals surface area contributed by atoms with Gasteiger partial charge in [0.05, 0.1) is 0 Å². The molecule has 2 aliphatic rings. The van der Waals surface area contributed by atoms with Crippen molar-refractivity contribution in [2.75, 3.05) is 0 Å². The van der Waals surface area contributed by atoms with Crippen LogP contribution in [-0.4, -0.2) is 11.9 Å². The van der Waals surface area contributed by atoms with Crippen LogP contribution in [0.4, 0.5) is 0 Å². The fraction of sp³-hybridized carbons (Fsp3) is 0.550. The Morgan fingerprint density at radius 2 is 2.05 bits per heavy atom. The highest BCUT2D eigenvalue weighted by Crippen LogP contribution is 2.49. The lowest BCUT2D eigenvalue weighted by atomic mass is 9.84. The van der Waals surface area contributed by atoms with Crippen LogP contribution in [0, 0.1) is 17.8 Å². The normalized spacial score (nSPS) is 28.2. The first kappa shape index (κ1) is 15.3. The molecule has 0 spiro atoms. The van der Waals surface area contributed by atoms with Gasteiger partial charge < -0.3 is 5.32 Å². The standard InChI is InChI=1S/C20H27NO/c1-3-15-4-6-16(7-5-15)9-11-20(22)21-14(2)19-13-17-8-10-18(19)12-17/h4-7,9,11,14,17-19H,3,8,10,12-13H2,1-2H3,(H,21,22). The Hall–Kier alpha value is -1.57. The molecule has 0 aliphatic heterocycles. The van der Waals surface area contributed by atoms with Gasteiger partial charge in [-0.3, -0.25) is 4.79 Å². The molecule has 0 radical (unpaired) electrons. The van der Waals surface area contributed by atoms with Crippen LogP contribution in [0.1, 0.15) is 50.7 Å². The molecule has 1 aromatic carbocycles. The summed E-state index contributed by atoms with van der Waals surface area (Å²) in [5, 5.41) is 3.17. The SMILES string of the molecule is CCc1ccc(C=CC(=O)NC(C)C2CC3CCC2C3)cc1. The minimum atomic E-state index is 0.0369. The van der Waals surface area contributed by atoms with E-state index in [1.165, 1.54) is 31.2 Å². The third-order valence-electron chi connectivity index (χ3n) is 5.62. The molecule has 0 saturated heterocycles. The molecule has 2 nitrogen and oxygen atoms in total. The Morgan fingerprint density at radius 1 is 1.27 bits per heavy atom. The molecule has 2 aliphatic carbocycles. The van der Waals surface area contributed by atoms with E-state index in [0.717, 1.165) is 23.8 Å². The number of carbonyl (C=O) groups excluding carboxylic acids is 1. The molecule has 1 aromatic rings. The molecule has 2 saturated carbocycles. The van der Waals surface area contributed by atoms with Crippen LogP contribution in [0.25, 0.3) is 6.08 Å². The molecule has 22 heavy (non-hydrogen) atoms. The van der Waals surface area contributed by atoms with Crippen molar-refractivity contribution in [1.82, 2.24) is 5.32 Å². The lowest BCUT2D eigenvalue weighted by molar-refractivity contribution is -0.117. The van der Waals surface area contributed by atoms with E-state index in [1.54, 1.807) is 6.08 Å². The first-order chi connectivity index (χ1) is 10.7. The molecule has 3 rings (SSSR count). The van der Waals surface area contributed by atoms with Gasteiger partial charge in [0.2, 0.25) is 5.91 Å². The third-order valence-corrected chi connectivity index (χ3v) is 5.62. The summed E-state index contributed by atoms with van der Waals surface area (Å²) in [6, 6.07) is 8.68. The zero-order valence-electron chi connectivity index (χ0n) is 13.7. The quantitative estimate of drug-likeness (QED) is 0.811. The number of benzene rings is 1. The molecule has 2 heteroatoms. The molecule has 1 amide bonds. The van der Waals surface area contributed by atoms with E-state index in [2.05, 4.69) is 43.4 Å². The van der Waals surface area contributed by atoms with Crippen LogP contribution in [-0.2, 0) is 11.2 Å². The number of hydrogen-bond acceptors (Lipinski definition) is 1. The highest BCUT2D eigenvalue weighted by molar-refractivity contribution is 5.91. The number of fused-ring (bicyclic) bond motifs is 2. The monoisotopic (exact) mass is 297 g/mol. The summed E-state index contributed by atoms with van der Waals surface area (Å²) in [4.78, 5) is 12.1. The lowest BCUT2D eigenvalue weighted by Gasteiger charge is -2.28. The lowest BCUT2D eigenvalue weighted by Crippen LogP contribution is -2.39. The minimum absolute atomic E-state index is 0.0369. The van der Waals surface area contributed by atoms with Gasteiger partial charge in [0, 0.05) is 12.1 Å². The fourth-order valence-corrected chi connectivity index (χ4v) is 4.32. The Morgan fingerprint density at radius 3 is 2.64 bits per heavy atom. The van der Waals surface area contributed by atoms with Crippen molar-refractivity contribution in [2.45, 2.75) is 52.0 Å². The summed E-state index contributed by atoms with van der Waals surface area (Å²) in [7, 11) is 0. The van der Waals surface area contributed by atoms with Crippen molar-refractivity contribution < 1.29 is 4.79 Å². The third kappa shape index (κ3) is 3.43. The van der Waals surface area contributed by atoms with Gasteiger partial charge in [-0.15, -0.1) is 0 Å². The van der Waals surface area contributed by atoms with Crippen LogP contribution in [0.5, 0.6) is 0 Å². The van der Waals surface area contributed by atoms with Gasteiger partial charge in [0.1, 0.15) is 0 Å². The van der Waals surface area contributed by atoms with Gasteiger partial charge >= 0.3 is 0 Å². The molecular weight excluding hydrogens is 270 g/mol. The topological polar surface area (TPSA) is 29.1 Å². The average molecular weight is 297 g/mol. The van der Waals surface area contributed by atoms with E-state index in [4.69, 9.17) is 0 Å². The smallest absolute Gasteiger partial charge is 0.244 e. The summed E-state index contributed by atoms with van der Waals surface area (Å²) in [6.07, 6.45) is 10.1. The molecule has 4 atom stereocenters. The van der Waals surface area contributed by atoms with Crippen molar-refractivity contribution >= 4 is 12.0 Å². The maximum atomic E-state index is 12.1. The molecular formula is C20H27NO. The fourth-order valence-electron chi connectivity index (χ4n) is 4.32. The molecule has 4 unspecified atom stereocenters. The predicted octanol–water partition coefficient (Wildman–Crippen LogP) is 4.20. The Kier molecular flexibility index (Phi) is 4.66. The zero-order chi connectivity index (χ0) is 15.5. The Labute approximate surface area is 134 Å². The van der Waals surface area contributed by atoms with Gasteiger partial charge in [0.15, 0.2) is 0 Å². The number of nitrogens with one attached hydrogen (secondary N) is 1. The highest BCUT2D eigenvalue weighted by atomic mass is 16.1. The number of aryl methyl sites for hydroxylation is 1. The minimum Gasteiger partial charge on any atom is -0.350 e. The highest BCUT2D eigenvalue weighted by Gasteiger charge is 2.41. The average Bonchev–Trinajstić information content (AvgIpc) is 3.16. The predicted molar refractivity (Wildman–Crippen MR) is 91.4 cm³/mol. The summed E-state index contributed by atoms with van der Waals surface area (Å²) in [6.45, 7) is 4.32. The van der Waals surface area contributed by atoms with Gasteiger partial charge in [0.25, 0.3) is 0 Å². The molecule has 0 heterocycles. The number of amides is 1. The van der Waals surface area contributed by atoms with Gasteiger partial charge in [-0.25, -0.2) is 0 Å². The zero-order valence-corrected chi connectivity index (χ0v) is 13.7. The second-order valence-corrected chi connectivity index (χ2v) is 7.06. The van der Waals surface area contributed by atoms with Crippen molar-refractivity contribution in [3.05, 3.63) is 41.5 Å². The summed E-state index contributed by atoms with van der Waals surface area (Å²) >= 11 is 0. The molecule has 2 fully saturated rings.